The molecular formula is C14H17NO7S. The van der Waals surface area contributed by atoms with Crippen molar-refractivity contribution in [3.8, 4) is 11.5 Å². The quantitative estimate of drug-likeness (QED) is 0.183. The van der Waals surface area contributed by atoms with Crippen LogP contribution in [0.2, 0.25) is 0 Å². The monoisotopic (exact) mass is 343 g/mol. The molecule has 0 saturated heterocycles. The molecule has 23 heavy (non-hydrogen) atoms. The van der Waals surface area contributed by atoms with Crippen LogP contribution in [-0.2, 0) is 20.2 Å². The van der Waals surface area contributed by atoms with Crippen molar-refractivity contribution in [3.05, 3.63) is 33.9 Å². The van der Waals surface area contributed by atoms with Crippen LogP contribution in [0.5, 0.6) is 11.5 Å². The van der Waals surface area contributed by atoms with E-state index >= 15 is 0 Å². The third-order valence-corrected chi connectivity index (χ3v) is 3.00. The van der Waals surface area contributed by atoms with Crippen molar-refractivity contribution in [2.75, 3.05) is 6.61 Å². The highest BCUT2D eigenvalue weighted by Crippen LogP contribution is 2.26. The number of esters is 2. The van der Waals surface area contributed by atoms with E-state index in [4.69, 9.17) is 9.47 Å². The number of hydrogen-bond acceptors (Lipinski definition) is 8. The van der Waals surface area contributed by atoms with Crippen molar-refractivity contribution in [2.24, 2.45) is 0 Å². The lowest BCUT2D eigenvalue weighted by molar-refractivity contribution is -0.757. The van der Waals surface area contributed by atoms with Crippen LogP contribution in [0.1, 0.15) is 31.7 Å². The first kappa shape index (κ1) is 18.8. The Morgan fingerprint density at radius 2 is 2.00 bits per heavy atom. The largest absolute Gasteiger partial charge is 0.427 e. The Labute approximate surface area is 138 Å². The minimum atomic E-state index is -0.873. The van der Waals surface area contributed by atoms with E-state index in [1.54, 1.807) is 6.07 Å². The van der Waals surface area contributed by atoms with Gasteiger partial charge in [0.25, 0.3) is 5.09 Å². The first-order valence-electron chi connectivity index (χ1n) is 6.82. The average Bonchev–Trinajstić information content (AvgIpc) is 2.47. The van der Waals surface area contributed by atoms with Gasteiger partial charge >= 0.3 is 11.9 Å². The maximum absolute atomic E-state index is 11.7. The lowest BCUT2D eigenvalue weighted by Gasteiger charge is -2.10. The van der Waals surface area contributed by atoms with Crippen molar-refractivity contribution in [2.45, 2.75) is 31.9 Å². The fourth-order valence-electron chi connectivity index (χ4n) is 1.69. The van der Waals surface area contributed by atoms with Crippen molar-refractivity contribution >= 4 is 24.6 Å². The first-order chi connectivity index (χ1) is 10.9. The summed E-state index contributed by atoms with van der Waals surface area (Å²) in [6.45, 7) is 1.23. The van der Waals surface area contributed by atoms with Gasteiger partial charge in [-0.3, -0.25) is 9.59 Å². The zero-order chi connectivity index (χ0) is 17.2. The fraction of sp³-hybridized carbons (Fsp3) is 0.429. The van der Waals surface area contributed by atoms with Gasteiger partial charge in [-0.1, -0.05) is 0 Å². The molecule has 1 rings (SSSR count). The number of carbonyl (C=O) groups is 2. The number of hydrogen-bond donors (Lipinski definition) is 1. The molecule has 0 radical (unpaired) electrons. The molecule has 0 amide bonds. The highest BCUT2D eigenvalue weighted by Gasteiger charge is 2.11. The van der Waals surface area contributed by atoms with Gasteiger partial charge in [0.05, 0.1) is 6.61 Å². The van der Waals surface area contributed by atoms with Crippen molar-refractivity contribution in [1.82, 2.24) is 0 Å². The summed E-state index contributed by atoms with van der Waals surface area (Å²) < 4.78 is 10.2. The smallest absolute Gasteiger partial charge is 0.311 e. The molecule has 0 N–H and O–H groups in total. The summed E-state index contributed by atoms with van der Waals surface area (Å²) in [5.74, 6) is 0.0703. The molecule has 0 aliphatic rings. The lowest BCUT2D eigenvalue weighted by Crippen LogP contribution is -2.10. The third-order valence-electron chi connectivity index (χ3n) is 2.66. The Kier molecular flexibility index (Phi) is 7.89. The molecule has 0 bridgehead atoms. The van der Waals surface area contributed by atoms with Crippen LogP contribution in [-0.4, -0.2) is 23.6 Å². The predicted octanol–water partition coefficient (Wildman–Crippen LogP) is 2.33. The second kappa shape index (κ2) is 9.67. The van der Waals surface area contributed by atoms with E-state index in [-0.39, 0.29) is 13.0 Å². The van der Waals surface area contributed by atoms with Gasteiger partial charge in [-0.15, -0.1) is 10.1 Å². The molecule has 9 heteroatoms. The first-order valence-corrected chi connectivity index (χ1v) is 7.45. The Bertz CT molecular complexity index is 576. The van der Waals surface area contributed by atoms with Crippen LogP contribution < -0.4 is 9.47 Å². The minimum absolute atomic E-state index is 0.0563. The van der Waals surface area contributed by atoms with Crippen molar-refractivity contribution < 1.29 is 29.0 Å². The summed E-state index contributed by atoms with van der Waals surface area (Å²) >= 11 is 4.15. The summed E-state index contributed by atoms with van der Waals surface area (Å²) in [5, 5.41) is 9.08. The number of rotatable bonds is 9. The molecule has 0 spiro atoms. The van der Waals surface area contributed by atoms with Crippen LogP contribution in [0.3, 0.4) is 0 Å². The minimum Gasteiger partial charge on any atom is -0.427 e. The van der Waals surface area contributed by atoms with E-state index < -0.39 is 17.0 Å². The number of unbranched alkanes of at least 4 members (excludes halogenated alkanes) is 1. The van der Waals surface area contributed by atoms with Crippen LogP contribution in [0, 0.1) is 10.1 Å². The number of ether oxygens (including phenoxy) is 2. The molecule has 0 fully saturated rings. The number of nitrogens with zero attached hydrogens (tertiary/aromatic N) is 1. The van der Waals surface area contributed by atoms with Gasteiger partial charge in [0, 0.05) is 24.7 Å². The molecule has 0 aliphatic carbocycles. The van der Waals surface area contributed by atoms with Crippen molar-refractivity contribution in [1.29, 1.82) is 0 Å². The predicted molar refractivity (Wildman–Crippen MR) is 82.9 cm³/mol. The Morgan fingerprint density at radius 1 is 1.26 bits per heavy atom. The zero-order valence-electron chi connectivity index (χ0n) is 12.5. The van der Waals surface area contributed by atoms with Crippen molar-refractivity contribution in [3.63, 3.8) is 0 Å². The van der Waals surface area contributed by atoms with Crippen LogP contribution in [0.15, 0.2) is 18.2 Å². The molecule has 0 heterocycles. The molecule has 0 unspecified atom stereocenters. The maximum atomic E-state index is 11.7. The summed E-state index contributed by atoms with van der Waals surface area (Å²) in [6.07, 6.45) is 0.897. The second-order valence-corrected chi connectivity index (χ2v) is 4.83. The summed E-state index contributed by atoms with van der Waals surface area (Å²) in [6, 6.07) is 4.61. The van der Waals surface area contributed by atoms with E-state index in [9.17, 15) is 19.7 Å². The average molecular weight is 343 g/mol. The number of thiol groups is 1. The molecule has 0 aliphatic heterocycles. The topological polar surface area (TPSA) is 105 Å². The number of benzene rings is 1. The van der Waals surface area contributed by atoms with Crippen LogP contribution >= 0.6 is 12.6 Å². The number of carbonyl (C=O) groups excluding carboxylic acids is 2. The second-order valence-electron chi connectivity index (χ2n) is 4.51. The fourth-order valence-corrected chi connectivity index (χ4v) is 1.94. The van der Waals surface area contributed by atoms with E-state index in [0.29, 0.717) is 35.7 Å². The molecule has 0 atom stereocenters. The lowest BCUT2D eigenvalue weighted by atomic mass is 10.2. The molecule has 1 aromatic rings. The summed E-state index contributed by atoms with van der Waals surface area (Å²) in [4.78, 5) is 36.7. The molecule has 126 valence electrons. The van der Waals surface area contributed by atoms with Gasteiger partial charge in [0.2, 0.25) is 0 Å². The highest BCUT2D eigenvalue weighted by atomic mass is 32.1. The molecule has 8 nitrogen and oxygen atoms in total. The van der Waals surface area contributed by atoms with Crippen LogP contribution in [0.4, 0.5) is 0 Å². The zero-order valence-corrected chi connectivity index (χ0v) is 13.4. The van der Waals surface area contributed by atoms with E-state index in [1.807, 2.05) is 0 Å². The van der Waals surface area contributed by atoms with Gasteiger partial charge in [-0.2, -0.15) is 12.6 Å². The maximum Gasteiger partial charge on any atom is 0.311 e. The van der Waals surface area contributed by atoms with Gasteiger partial charge in [-0.05, 0) is 31.0 Å². The molecular weight excluding hydrogens is 326 g/mol. The normalized spacial score (nSPS) is 10.0. The van der Waals surface area contributed by atoms with Gasteiger partial charge in [0.15, 0.2) is 0 Å². The van der Waals surface area contributed by atoms with E-state index in [0.717, 1.165) is 0 Å². The molecule has 0 saturated carbocycles. The third kappa shape index (κ3) is 7.50. The Hall–Kier alpha value is -2.29. The van der Waals surface area contributed by atoms with Gasteiger partial charge in [0.1, 0.15) is 11.5 Å². The van der Waals surface area contributed by atoms with E-state index in [2.05, 4.69) is 17.5 Å². The Balaban J connectivity index is 2.50. The standard InChI is InChI=1S/C14H17NO7S/c1-10(16)21-12-5-6-13(11(8-12)9-23)22-14(17)4-2-3-7-20-15(18)19/h5-6,8,23H,2-4,7,9H2,1H3. The molecule has 1 aromatic carbocycles. The van der Waals surface area contributed by atoms with Gasteiger partial charge < -0.3 is 14.3 Å². The summed E-state index contributed by atoms with van der Waals surface area (Å²) in [7, 11) is 0. The van der Waals surface area contributed by atoms with Gasteiger partial charge in [-0.25, -0.2) is 0 Å². The summed E-state index contributed by atoms with van der Waals surface area (Å²) in [5.41, 5.74) is 0.608. The van der Waals surface area contributed by atoms with E-state index in [1.165, 1.54) is 19.1 Å². The highest BCUT2D eigenvalue weighted by molar-refractivity contribution is 7.79. The Morgan fingerprint density at radius 3 is 2.61 bits per heavy atom. The molecule has 0 aromatic heterocycles. The SMILES string of the molecule is CC(=O)Oc1ccc(OC(=O)CCCCO[N+](=O)[O-])c(CS)c1. The van der Waals surface area contributed by atoms with Crippen LogP contribution in [0.25, 0.3) is 0 Å².